The van der Waals surface area contributed by atoms with Crippen molar-refractivity contribution in [3.63, 3.8) is 0 Å². The van der Waals surface area contributed by atoms with Crippen LogP contribution in [0.3, 0.4) is 0 Å². The van der Waals surface area contributed by atoms with Gasteiger partial charge in [-0.2, -0.15) is 0 Å². The fraction of sp³-hybridized carbons (Fsp3) is 0.305. The van der Waals surface area contributed by atoms with Crippen molar-refractivity contribution in [2.75, 3.05) is 77.2 Å². The van der Waals surface area contributed by atoms with E-state index in [-0.39, 0.29) is 60.1 Å². The number of phenolic OH excluding ortho intramolecular Hbond substituents is 1. The number of phenols is 1. The fourth-order valence-electron chi connectivity index (χ4n) is 6.36. The lowest BCUT2D eigenvalue weighted by Gasteiger charge is -2.19. The zero-order valence-corrected chi connectivity index (χ0v) is 42.6. The van der Waals surface area contributed by atoms with Crippen LogP contribution in [0, 0.1) is 0 Å². The van der Waals surface area contributed by atoms with Gasteiger partial charge in [0.1, 0.15) is 6.61 Å². The standard InChI is InChI=1S/C19H20O7.C18H20O6.C11H12O4.C7H8O2.4CH4/c1-22-14-6-4-5-7-16(14)26-18(11-25-12-20)19(21)13-8-9-15(23-2)17(10-13)24-3;1-21-13-6-4-5-7-15(13)24-17(11-19)18(20)12-8-9-14(22-2)16(10-12)23-3;1-7(12)11(13)8-4-5-9(14-2)10(6-8)15-3;1-9-7-5-3-2-4-6(7)8;;;;/h4-10,12,18H,11H2,1-3H3;4-10,17,19H,11H2,1-3H3;4-6H,1-3H3;2-5,8H,1H3;4*1H4. The van der Waals surface area contributed by atoms with Crippen LogP contribution in [0.2, 0.25) is 0 Å². The topological polar surface area (TPSA) is 237 Å². The number of aliphatic hydroxyl groups is 1. The summed E-state index contributed by atoms with van der Waals surface area (Å²) in [6.07, 6.45) is -2.10. The Morgan fingerprint density at radius 3 is 1.06 bits per heavy atom. The van der Waals surface area contributed by atoms with Gasteiger partial charge in [-0.1, -0.05) is 66.1 Å². The number of carbonyl (C=O) groups excluding carboxylic acids is 5. The summed E-state index contributed by atoms with van der Waals surface area (Å²) in [5.74, 6) is 3.41. The van der Waals surface area contributed by atoms with E-state index in [2.05, 4.69) is 0 Å². The van der Waals surface area contributed by atoms with Crippen molar-refractivity contribution < 1.29 is 91.0 Å². The number of hydrogen-bond donors (Lipinski definition) is 2. The molecule has 0 aromatic heterocycles. The van der Waals surface area contributed by atoms with Gasteiger partial charge in [0.25, 0.3) is 6.47 Å². The highest BCUT2D eigenvalue weighted by Gasteiger charge is 2.26. The van der Waals surface area contributed by atoms with Crippen LogP contribution in [0.4, 0.5) is 0 Å². The first-order valence-electron chi connectivity index (χ1n) is 22.1. The molecule has 0 fully saturated rings. The molecule has 0 spiro atoms. The van der Waals surface area contributed by atoms with Crippen LogP contribution >= 0.6 is 0 Å². The van der Waals surface area contributed by atoms with E-state index >= 15 is 0 Å². The van der Waals surface area contributed by atoms with E-state index in [1.54, 1.807) is 115 Å². The Balaban J connectivity index is 0. The van der Waals surface area contributed by atoms with Gasteiger partial charge < -0.3 is 67.1 Å². The smallest absolute Gasteiger partial charge is 0.293 e. The minimum absolute atomic E-state index is 0. The second-order valence-corrected chi connectivity index (χ2v) is 14.6. The number of methoxy groups -OCH3 is 9. The number of hydrogen-bond acceptors (Lipinski definition) is 19. The molecule has 0 amide bonds. The summed E-state index contributed by atoms with van der Waals surface area (Å²) in [7, 11) is 13.5. The number of benzene rings is 6. The molecule has 0 heterocycles. The highest BCUT2D eigenvalue weighted by atomic mass is 16.6. The predicted molar refractivity (Wildman–Crippen MR) is 298 cm³/mol. The molecule has 2 unspecified atom stereocenters. The maximum Gasteiger partial charge on any atom is 0.293 e. The highest BCUT2D eigenvalue weighted by Crippen LogP contribution is 2.33. The van der Waals surface area contributed by atoms with Crippen molar-refractivity contribution in [1.29, 1.82) is 0 Å². The quantitative estimate of drug-likeness (QED) is 0.0345. The van der Waals surface area contributed by atoms with Gasteiger partial charge >= 0.3 is 0 Å². The molecule has 6 rings (SSSR count). The molecule has 0 bridgehead atoms. The second-order valence-electron chi connectivity index (χ2n) is 14.6. The first kappa shape index (κ1) is 71.1. The Hall–Kier alpha value is -8.97. The van der Waals surface area contributed by atoms with Gasteiger partial charge in [0.15, 0.2) is 87.0 Å². The molecule has 0 aliphatic rings. The number of aromatic hydroxyl groups is 1. The molecule has 78 heavy (non-hydrogen) atoms. The molecule has 0 aliphatic heterocycles. The lowest BCUT2D eigenvalue weighted by atomic mass is 10.1. The van der Waals surface area contributed by atoms with E-state index in [0.29, 0.717) is 79.9 Å². The zero-order valence-electron chi connectivity index (χ0n) is 42.6. The highest BCUT2D eigenvalue weighted by molar-refractivity contribution is 6.43. The average Bonchev–Trinajstić information content (AvgIpc) is 3.45. The number of carbonyl (C=O) groups is 5. The van der Waals surface area contributed by atoms with E-state index < -0.39 is 30.4 Å². The summed E-state index contributed by atoms with van der Waals surface area (Å²) in [5, 5.41) is 18.6. The molecule has 0 saturated carbocycles. The molecule has 6 aromatic rings. The largest absolute Gasteiger partial charge is 0.504 e. The molecule has 2 atom stereocenters. The maximum absolute atomic E-state index is 12.9. The molecule has 426 valence electrons. The number of ether oxygens (including phenoxy) is 12. The van der Waals surface area contributed by atoms with Crippen LogP contribution in [0.15, 0.2) is 127 Å². The number of para-hydroxylation sites is 6. The molecule has 19 heteroatoms. The normalized spacial score (nSPS) is 10.1. The van der Waals surface area contributed by atoms with Gasteiger partial charge in [-0.15, -0.1) is 0 Å². The summed E-state index contributed by atoms with van der Waals surface area (Å²) < 4.78 is 62.1. The Morgan fingerprint density at radius 1 is 0.423 bits per heavy atom. The lowest BCUT2D eigenvalue weighted by molar-refractivity contribution is -0.130. The third kappa shape index (κ3) is 20.6. The summed E-state index contributed by atoms with van der Waals surface area (Å²) in [4.78, 5) is 58.3. The molecule has 6 aromatic carbocycles. The minimum atomic E-state index is -1.06. The number of ketones is 4. The van der Waals surface area contributed by atoms with Crippen LogP contribution in [0.1, 0.15) is 67.7 Å². The molecular weight excluding hydrogens is 1010 g/mol. The van der Waals surface area contributed by atoms with E-state index in [1.807, 2.05) is 0 Å². The van der Waals surface area contributed by atoms with Crippen LogP contribution in [-0.2, 0) is 14.3 Å². The Morgan fingerprint density at radius 2 is 0.731 bits per heavy atom. The first-order chi connectivity index (χ1) is 35.7. The zero-order chi connectivity index (χ0) is 54.6. The molecular formula is C59H76O19. The monoisotopic (exact) mass is 1090 g/mol. The van der Waals surface area contributed by atoms with Crippen molar-refractivity contribution in [2.24, 2.45) is 0 Å². The lowest BCUT2D eigenvalue weighted by Crippen LogP contribution is -2.32. The molecule has 2 N–H and O–H groups in total. The van der Waals surface area contributed by atoms with Gasteiger partial charge in [0.05, 0.1) is 70.6 Å². The number of aliphatic hydroxyl groups excluding tert-OH is 1. The average molecular weight is 1090 g/mol. The molecule has 19 nitrogen and oxygen atoms in total. The van der Waals surface area contributed by atoms with Gasteiger partial charge in [-0.3, -0.25) is 24.0 Å². The van der Waals surface area contributed by atoms with Gasteiger partial charge in [0, 0.05) is 23.6 Å². The van der Waals surface area contributed by atoms with Gasteiger partial charge in [0.2, 0.25) is 17.3 Å². The van der Waals surface area contributed by atoms with Crippen molar-refractivity contribution in [1.82, 2.24) is 0 Å². The van der Waals surface area contributed by atoms with Crippen LogP contribution in [0.5, 0.6) is 69.0 Å². The maximum atomic E-state index is 12.9. The van der Waals surface area contributed by atoms with E-state index in [1.165, 1.54) is 83.0 Å². The summed E-state index contributed by atoms with van der Waals surface area (Å²) in [5.41, 5.74) is 0.985. The first-order valence-corrected chi connectivity index (χ1v) is 22.1. The van der Waals surface area contributed by atoms with E-state index in [0.717, 1.165) is 0 Å². The van der Waals surface area contributed by atoms with Crippen LogP contribution in [-0.4, -0.2) is 129 Å². The molecule has 0 radical (unpaired) electrons. The summed E-state index contributed by atoms with van der Waals surface area (Å²) in [6.45, 7) is 0.791. The number of rotatable bonds is 23. The minimum Gasteiger partial charge on any atom is -0.504 e. The van der Waals surface area contributed by atoms with Crippen molar-refractivity contribution in [2.45, 2.75) is 48.8 Å². The third-order valence-electron chi connectivity index (χ3n) is 10.1. The van der Waals surface area contributed by atoms with Crippen LogP contribution in [0.25, 0.3) is 0 Å². The van der Waals surface area contributed by atoms with Gasteiger partial charge in [-0.05, 0) is 91.0 Å². The van der Waals surface area contributed by atoms with Crippen molar-refractivity contribution in [3.8, 4) is 69.0 Å². The third-order valence-corrected chi connectivity index (χ3v) is 10.1. The summed E-state index contributed by atoms with van der Waals surface area (Å²) in [6, 6.07) is 34.8. The van der Waals surface area contributed by atoms with Crippen molar-refractivity contribution >= 4 is 29.6 Å². The molecule has 0 aliphatic carbocycles. The fourth-order valence-corrected chi connectivity index (χ4v) is 6.36. The van der Waals surface area contributed by atoms with E-state index in [4.69, 9.17) is 61.9 Å². The van der Waals surface area contributed by atoms with Crippen molar-refractivity contribution in [3.05, 3.63) is 144 Å². The van der Waals surface area contributed by atoms with Crippen LogP contribution < -0.4 is 52.1 Å². The SMILES string of the molecule is C.C.C.C.COc1ccc(C(=O)C(C)=O)cc1OC.COc1ccc(C(=O)C(CO)Oc2ccccc2OC)cc1OC.COc1ccc(C(=O)C(COC=O)Oc2ccccc2OC)cc1OC.COc1ccccc1O. The Kier molecular flexibility index (Phi) is 34.4. The summed E-state index contributed by atoms with van der Waals surface area (Å²) >= 11 is 0. The Bertz CT molecular complexity index is 2760. The van der Waals surface area contributed by atoms with E-state index in [9.17, 15) is 29.1 Å². The predicted octanol–water partition coefficient (Wildman–Crippen LogP) is 10.3. The number of Topliss-reactive ketones (excluding diaryl/α,β-unsaturated/α-hetero) is 4. The van der Waals surface area contributed by atoms with Gasteiger partial charge in [-0.25, -0.2) is 0 Å². The molecule has 0 saturated heterocycles. The Labute approximate surface area is 458 Å². The second kappa shape index (κ2) is 37.7.